The van der Waals surface area contributed by atoms with Crippen molar-refractivity contribution in [3.05, 3.63) is 130 Å². The molecule has 6 rings (SSSR count). The lowest BCUT2D eigenvalue weighted by Gasteiger charge is -2.40. The van der Waals surface area contributed by atoms with Crippen molar-refractivity contribution in [2.24, 2.45) is 0 Å². The van der Waals surface area contributed by atoms with Gasteiger partial charge in [-0.15, -0.1) is 0 Å². The summed E-state index contributed by atoms with van der Waals surface area (Å²) in [6, 6.07) is 29.0. The summed E-state index contributed by atoms with van der Waals surface area (Å²) >= 11 is 0. The highest BCUT2D eigenvalue weighted by atomic mass is 16.1. The number of carbonyl (C=O) groups excluding carboxylic acids is 2. The zero-order chi connectivity index (χ0) is 23.9. The number of ketones is 2. The number of aryl methyl sites for hydroxylation is 1. The first-order valence-corrected chi connectivity index (χ1v) is 12.5. The Kier molecular flexibility index (Phi) is 5.49. The van der Waals surface area contributed by atoms with Crippen LogP contribution in [0.1, 0.15) is 65.7 Å². The highest BCUT2D eigenvalue weighted by Crippen LogP contribution is 2.49. The van der Waals surface area contributed by atoms with Gasteiger partial charge >= 0.3 is 0 Å². The molecular formula is C32H29NO2. The Morgan fingerprint density at radius 1 is 0.571 bits per heavy atom. The Morgan fingerprint density at radius 3 is 1.49 bits per heavy atom. The van der Waals surface area contributed by atoms with Gasteiger partial charge in [-0.05, 0) is 48.3 Å². The topological polar surface area (TPSA) is 46.2 Å². The molecule has 0 amide bonds. The highest BCUT2D eigenvalue weighted by Gasteiger charge is 2.43. The van der Waals surface area contributed by atoms with Crippen molar-refractivity contribution in [3.8, 4) is 0 Å². The maximum atomic E-state index is 13.7. The Morgan fingerprint density at radius 2 is 1.03 bits per heavy atom. The highest BCUT2D eigenvalue weighted by molar-refractivity contribution is 6.07. The van der Waals surface area contributed by atoms with Gasteiger partial charge in [0.1, 0.15) is 0 Å². The quantitative estimate of drug-likeness (QED) is 0.487. The summed E-state index contributed by atoms with van der Waals surface area (Å²) in [6.45, 7) is 2.06. The lowest BCUT2D eigenvalue weighted by atomic mass is 9.67. The Labute approximate surface area is 206 Å². The Hall–Kier alpha value is -3.72. The van der Waals surface area contributed by atoms with Gasteiger partial charge in [-0.1, -0.05) is 90.5 Å². The number of allylic oxidation sites excluding steroid dienone is 4. The van der Waals surface area contributed by atoms with Crippen LogP contribution >= 0.6 is 0 Å². The minimum Gasteiger partial charge on any atom is -0.362 e. The molecule has 0 bridgehead atoms. The number of hydrogen-bond acceptors (Lipinski definition) is 3. The number of dihydropyridines is 1. The van der Waals surface area contributed by atoms with Crippen molar-refractivity contribution in [1.82, 2.24) is 5.32 Å². The average Bonchev–Trinajstić information content (AvgIpc) is 2.89. The zero-order valence-corrected chi connectivity index (χ0v) is 20.0. The first-order valence-electron chi connectivity index (χ1n) is 12.5. The van der Waals surface area contributed by atoms with E-state index < -0.39 is 0 Å². The normalized spacial score (nSPS) is 24.1. The Balaban J connectivity index is 1.44. The first-order chi connectivity index (χ1) is 17.1. The van der Waals surface area contributed by atoms with Crippen molar-refractivity contribution < 1.29 is 9.59 Å². The molecule has 0 spiro atoms. The van der Waals surface area contributed by atoms with Crippen LogP contribution in [-0.4, -0.2) is 11.6 Å². The van der Waals surface area contributed by atoms with E-state index in [1.807, 2.05) is 36.4 Å². The Bertz CT molecular complexity index is 1270. The molecule has 1 unspecified atom stereocenters. The fourth-order valence-corrected chi connectivity index (χ4v) is 6.11. The van der Waals surface area contributed by atoms with Crippen LogP contribution < -0.4 is 5.32 Å². The molecule has 3 nitrogen and oxygen atoms in total. The van der Waals surface area contributed by atoms with Gasteiger partial charge in [-0.2, -0.15) is 0 Å². The van der Waals surface area contributed by atoms with Crippen LogP contribution in [0.4, 0.5) is 0 Å². The van der Waals surface area contributed by atoms with Crippen molar-refractivity contribution in [3.63, 3.8) is 0 Å². The molecule has 174 valence electrons. The van der Waals surface area contributed by atoms with E-state index in [4.69, 9.17) is 0 Å². The van der Waals surface area contributed by atoms with Crippen LogP contribution in [0.25, 0.3) is 0 Å². The van der Waals surface area contributed by atoms with Crippen molar-refractivity contribution in [2.75, 3.05) is 0 Å². The van der Waals surface area contributed by atoms with Crippen LogP contribution in [0.3, 0.4) is 0 Å². The summed E-state index contributed by atoms with van der Waals surface area (Å²) in [4.78, 5) is 27.4. The van der Waals surface area contributed by atoms with Crippen LogP contribution in [0, 0.1) is 6.92 Å². The van der Waals surface area contributed by atoms with E-state index in [2.05, 4.69) is 60.8 Å². The molecule has 1 aliphatic heterocycles. The third kappa shape index (κ3) is 3.95. The van der Waals surface area contributed by atoms with Crippen LogP contribution in [-0.2, 0) is 9.59 Å². The molecule has 0 radical (unpaired) electrons. The fraction of sp³-hybridized carbons (Fsp3) is 0.250. The molecule has 35 heavy (non-hydrogen) atoms. The lowest BCUT2D eigenvalue weighted by Crippen LogP contribution is -2.38. The number of nitrogens with one attached hydrogen (secondary N) is 1. The molecule has 3 atom stereocenters. The van der Waals surface area contributed by atoms with E-state index in [1.165, 1.54) is 16.7 Å². The van der Waals surface area contributed by atoms with Crippen LogP contribution in [0.5, 0.6) is 0 Å². The zero-order valence-electron chi connectivity index (χ0n) is 20.0. The summed E-state index contributed by atoms with van der Waals surface area (Å²) in [5.74, 6) is 0.334. The van der Waals surface area contributed by atoms with Gasteiger partial charge < -0.3 is 5.32 Å². The van der Waals surface area contributed by atoms with E-state index in [9.17, 15) is 9.59 Å². The second kappa shape index (κ2) is 8.81. The second-order valence-corrected chi connectivity index (χ2v) is 10.1. The standard InChI is InChI=1S/C32H29NO2/c1-20-12-14-23(15-13-20)30-31-26(16-24(18-28(31)34)21-8-4-2-5-9-21)33-27-17-25(19-29(35)32(27)30)22-10-6-3-7-11-22/h2-15,24-25,30,33H,16-19H2,1H3/t24-,25+,30?. The molecule has 0 aromatic heterocycles. The van der Waals surface area contributed by atoms with E-state index in [-0.39, 0.29) is 29.3 Å². The second-order valence-electron chi connectivity index (χ2n) is 10.1. The van der Waals surface area contributed by atoms with Gasteiger partial charge in [0.05, 0.1) is 0 Å². The third-order valence-corrected chi connectivity index (χ3v) is 7.85. The maximum Gasteiger partial charge on any atom is 0.162 e. The van der Waals surface area contributed by atoms with Gasteiger partial charge in [0.2, 0.25) is 0 Å². The van der Waals surface area contributed by atoms with Gasteiger partial charge in [-0.25, -0.2) is 0 Å². The third-order valence-electron chi connectivity index (χ3n) is 7.85. The molecule has 1 heterocycles. The summed E-state index contributed by atoms with van der Waals surface area (Å²) in [6.07, 6.45) is 2.54. The van der Waals surface area contributed by atoms with Crippen molar-refractivity contribution >= 4 is 11.6 Å². The minimum absolute atomic E-state index is 0.153. The molecular weight excluding hydrogens is 430 g/mol. The largest absolute Gasteiger partial charge is 0.362 e. The smallest absolute Gasteiger partial charge is 0.162 e. The predicted octanol–water partition coefficient (Wildman–Crippen LogP) is 6.48. The average molecular weight is 460 g/mol. The molecule has 3 aliphatic rings. The van der Waals surface area contributed by atoms with E-state index >= 15 is 0 Å². The summed E-state index contributed by atoms with van der Waals surface area (Å²) < 4.78 is 0. The molecule has 0 saturated heterocycles. The molecule has 0 fully saturated rings. The number of Topliss-reactive ketones (excluding diaryl/α,β-unsaturated/α-hetero) is 2. The molecule has 0 saturated carbocycles. The molecule has 3 aromatic carbocycles. The summed E-state index contributed by atoms with van der Waals surface area (Å²) in [7, 11) is 0. The number of benzene rings is 3. The number of hydrogen-bond donors (Lipinski definition) is 1. The predicted molar refractivity (Wildman–Crippen MR) is 138 cm³/mol. The molecule has 2 aliphatic carbocycles. The fourth-order valence-electron chi connectivity index (χ4n) is 6.11. The van der Waals surface area contributed by atoms with E-state index in [0.717, 1.165) is 40.9 Å². The monoisotopic (exact) mass is 459 g/mol. The van der Waals surface area contributed by atoms with Crippen molar-refractivity contribution in [1.29, 1.82) is 0 Å². The van der Waals surface area contributed by atoms with E-state index in [1.54, 1.807) is 0 Å². The first kappa shape index (κ1) is 21.8. The minimum atomic E-state index is -0.282. The lowest BCUT2D eigenvalue weighted by molar-refractivity contribution is -0.117. The summed E-state index contributed by atoms with van der Waals surface area (Å²) in [5.41, 5.74) is 8.20. The number of carbonyl (C=O) groups is 2. The van der Waals surface area contributed by atoms with Crippen LogP contribution in [0.15, 0.2) is 107 Å². The summed E-state index contributed by atoms with van der Waals surface area (Å²) in [5, 5.41) is 3.65. The molecule has 3 aromatic rings. The molecule has 1 N–H and O–H groups in total. The van der Waals surface area contributed by atoms with Crippen molar-refractivity contribution in [2.45, 2.75) is 50.4 Å². The van der Waals surface area contributed by atoms with Gasteiger partial charge in [0.25, 0.3) is 0 Å². The maximum absolute atomic E-state index is 13.7. The van der Waals surface area contributed by atoms with Gasteiger partial charge in [-0.3, -0.25) is 9.59 Å². The van der Waals surface area contributed by atoms with Crippen LogP contribution in [0.2, 0.25) is 0 Å². The van der Waals surface area contributed by atoms with Gasteiger partial charge in [0.15, 0.2) is 11.6 Å². The number of rotatable bonds is 3. The SMILES string of the molecule is Cc1ccc(C2C3=C(C[C@H](c4ccccc4)CC3=O)NC3=C2C(=O)C[C@H](c2ccccc2)C3)cc1. The molecule has 3 heteroatoms. The van der Waals surface area contributed by atoms with Gasteiger partial charge in [0, 0.05) is 41.3 Å². The van der Waals surface area contributed by atoms with E-state index in [0.29, 0.717) is 12.8 Å².